The van der Waals surface area contributed by atoms with Crippen molar-refractivity contribution in [2.75, 3.05) is 19.5 Å². The van der Waals surface area contributed by atoms with Crippen molar-refractivity contribution in [2.24, 2.45) is 11.8 Å². The molecule has 0 aliphatic heterocycles. The molecular formula is C30H42N2O7. The molecule has 2 aromatic rings. The number of nitrogens with zero attached hydrogens (tertiary/aromatic N) is 1. The number of pyridine rings is 1. The van der Waals surface area contributed by atoms with Gasteiger partial charge in [-0.3, -0.25) is 9.59 Å². The molecule has 214 valence electrons. The summed E-state index contributed by atoms with van der Waals surface area (Å²) in [7, 11) is 1.49. The summed E-state index contributed by atoms with van der Waals surface area (Å²) in [6.07, 6.45) is 7.85. The van der Waals surface area contributed by atoms with Gasteiger partial charge in [-0.25, -0.2) is 4.98 Å². The Bertz CT molecular complexity index is 1110. The molecule has 0 saturated heterocycles. The lowest BCUT2D eigenvalue weighted by molar-refractivity contribution is -0.156. The van der Waals surface area contributed by atoms with Crippen LogP contribution in [0.3, 0.4) is 0 Å². The molecule has 1 saturated carbocycles. The van der Waals surface area contributed by atoms with Crippen LogP contribution in [0, 0.1) is 11.8 Å². The Morgan fingerprint density at radius 1 is 1.10 bits per heavy atom. The number of benzene rings is 1. The van der Waals surface area contributed by atoms with Crippen LogP contribution in [0.25, 0.3) is 11.1 Å². The molecule has 9 heteroatoms. The number of hydrogen-bond acceptors (Lipinski definition) is 9. The van der Waals surface area contributed by atoms with E-state index in [1.165, 1.54) is 21.0 Å². The minimum Gasteiger partial charge on any atom is -0.504 e. The number of nitrogens with two attached hydrogens (primary N) is 1. The fraction of sp³-hybridized carbons (Fsp3) is 0.567. The highest BCUT2D eigenvalue weighted by molar-refractivity contribution is 5.72. The van der Waals surface area contributed by atoms with Crippen LogP contribution in [0.1, 0.15) is 70.8 Å². The number of anilines is 1. The van der Waals surface area contributed by atoms with Crippen molar-refractivity contribution in [3.63, 3.8) is 0 Å². The molecule has 4 atom stereocenters. The average Bonchev–Trinajstić information content (AvgIpc) is 2.86. The van der Waals surface area contributed by atoms with Gasteiger partial charge in [-0.1, -0.05) is 19.3 Å². The third kappa shape index (κ3) is 9.13. The summed E-state index contributed by atoms with van der Waals surface area (Å²) in [6.45, 7) is 2.89. The number of aliphatic hydroxyl groups excluding tert-OH is 1. The van der Waals surface area contributed by atoms with E-state index in [-0.39, 0.29) is 30.2 Å². The molecule has 4 N–H and O–H groups in total. The summed E-state index contributed by atoms with van der Waals surface area (Å²) in [5.41, 5.74) is 8.35. The molecule has 1 aliphatic carbocycles. The van der Waals surface area contributed by atoms with Crippen molar-refractivity contribution < 1.29 is 34.0 Å². The summed E-state index contributed by atoms with van der Waals surface area (Å²) in [4.78, 5) is 28.2. The molecule has 0 amide bonds. The van der Waals surface area contributed by atoms with Crippen molar-refractivity contribution in [3.05, 3.63) is 36.0 Å². The van der Waals surface area contributed by atoms with Crippen molar-refractivity contribution in [3.8, 4) is 22.6 Å². The number of hydrogen-bond donors (Lipinski definition) is 3. The molecule has 0 bridgehead atoms. The van der Waals surface area contributed by atoms with Crippen molar-refractivity contribution >= 4 is 17.8 Å². The monoisotopic (exact) mass is 542 g/mol. The number of methoxy groups -OCH3 is 1. The van der Waals surface area contributed by atoms with Gasteiger partial charge in [-0.15, -0.1) is 0 Å². The van der Waals surface area contributed by atoms with Crippen molar-refractivity contribution in [1.29, 1.82) is 0 Å². The van der Waals surface area contributed by atoms with Crippen molar-refractivity contribution in [2.45, 2.75) is 83.8 Å². The second-order valence-electron chi connectivity index (χ2n) is 10.5. The highest BCUT2D eigenvalue weighted by Crippen LogP contribution is 2.37. The SMILES string of the molecule is COc1cc(CCC(CC(OC(C)=O)C2CCCCCC(CO)C2)OC(C)=O)c(-c2ccnc(N)c2)cc1O. The van der Waals surface area contributed by atoms with Crippen LogP contribution < -0.4 is 10.5 Å². The maximum absolute atomic E-state index is 12.1. The molecule has 0 radical (unpaired) electrons. The lowest BCUT2D eigenvalue weighted by Crippen LogP contribution is -2.34. The van der Waals surface area contributed by atoms with Gasteiger partial charge in [0.2, 0.25) is 0 Å². The second kappa shape index (κ2) is 14.7. The summed E-state index contributed by atoms with van der Waals surface area (Å²) < 4.78 is 16.9. The number of rotatable bonds is 11. The average molecular weight is 543 g/mol. The fourth-order valence-corrected chi connectivity index (χ4v) is 5.63. The Kier molecular flexibility index (Phi) is 11.4. The number of ether oxygens (including phenoxy) is 3. The molecule has 4 unspecified atom stereocenters. The molecule has 1 fully saturated rings. The number of aryl methyl sites for hydroxylation is 1. The van der Waals surface area contributed by atoms with Crippen LogP contribution in [0.4, 0.5) is 5.82 Å². The summed E-state index contributed by atoms with van der Waals surface area (Å²) in [6, 6.07) is 6.95. The molecule has 1 aromatic heterocycles. The Labute approximate surface area is 230 Å². The van der Waals surface area contributed by atoms with E-state index in [0.717, 1.165) is 55.2 Å². The van der Waals surface area contributed by atoms with Gasteiger partial charge in [0.25, 0.3) is 0 Å². The maximum Gasteiger partial charge on any atom is 0.302 e. The second-order valence-corrected chi connectivity index (χ2v) is 10.5. The van der Waals surface area contributed by atoms with E-state index in [9.17, 15) is 19.8 Å². The zero-order valence-corrected chi connectivity index (χ0v) is 23.2. The molecule has 3 rings (SSSR count). The topological polar surface area (TPSA) is 141 Å². The number of carbonyl (C=O) groups excluding carboxylic acids is 2. The van der Waals surface area contributed by atoms with Gasteiger partial charge in [0, 0.05) is 33.1 Å². The Balaban J connectivity index is 1.86. The highest BCUT2D eigenvalue weighted by atomic mass is 16.6. The highest BCUT2D eigenvalue weighted by Gasteiger charge is 2.31. The third-order valence-electron chi connectivity index (χ3n) is 7.48. The lowest BCUT2D eigenvalue weighted by Gasteiger charge is -2.33. The predicted octanol–water partition coefficient (Wildman–Crippen LogP) is 4.81. The Hall–Kier alpha value is -3.33. The minimum absolute atomic E-state index is 0.000751. The third-order valence-corrected chi connectivity index (χ3v) is 7.48. The standard InChI is InChI=1S/C30H42N2O7/c1-19(34)38-25(16-28(39-20(2)35)24-8-6-4-5-7-21(13-24)18-33)10-9-22-14-29(37-3)27(36)17-26(22)23-11-12-32-30(31)15-23/h11-12,14-15,17,21,24-25,28,33,36H,4-10,13,16,18H2,1-3H3,(H2,31,32). The number of aliphatic hydroxyl groups is 1. The number of carbonyl (C=O) groups is 2. The number of phenols is 1. The smallest absolute Gasteiger partial charge is 0.302 e. The van der Waals surface area contributed by atoms with Gasteiger partial charge in [0.1, 0.15) is 18.0 Å². The van der Waals surface area contributed by atoms with Gasteiger partial charge in [-0.05, 0) is 84.9 Å². The van der Waals surface area contributed by atoms with E-state index in [1.54, 1.807) is 24.4 Å². The lowest BCUT2D eigenvalue weighted by atomic mass is 9.80. The van der Waals surface area contributed by atoms with E-state index >= 15 is 0 Å². The fourth-order valence-electron chi connectivity index (χ4n) is 5.63. The summed E-state index contributed by atoms with van der Waals surface area (Å²) >= 11 is 0. The first kappa shape index (κ1) is 30.2. The molecule has 0 spiro atoms. The van der Waals surface area contributed by atoms with Crippen molar-refractivity contribution in [1.82, 2.24) is 4.98 Å². The first-order valence-electron chi connectivity index (χ1n) is 13.8. The van der Waals surface area contributed by atoms with Gasteiger partial charge in [0.15, 0.2) is 11.5 Å². The van der Waals surface area contributed by atoms with Gasteiger partial charge < -0.3 is 30.2 Å². The molecule has 1 aromatic carbocycles. The molecule has 9 nitrogen and oxygen atoms in total. The van der Waals surface area contributed by atoms with E-state index < -0.39 is 18.2 Å². The quantitative estimate of drug-likeness (QED) is 0.341. The van der Waals surface area contributed by atoms with Gasteiger partial charge in [0.05, 0.1) is 7.11 Å². The van der Waals surface area contributed by atoms with Crippen LogP contribution >= 0.6 is 0 Å². The Morgan fingerprint density at radius 3 is 2.51 bits per heavy atom. The van der Waals surface area contributed by atoms with Crippen LogP contribution in [-0.4, -0.2) is 53.1 Å². The minimum atomic E-state index is -0.500. The van der Waals surface area contributed by atoms with Gasteiger partial charge >= 0.3 is 11.9 Å². The van der Waals surface area contributed by atoms with Crippen LogP contribution in [0.5, 0.6) is 11.5 Å². The number of aromatic nitrogens is 1. The number of nitrogen functional groups attached to an aromatic ring is 1. The van der Waals surface area contributed by atoms with E-state index in [4.69, 9.17) is 19.9 Å². The maximum atomic E-state index is 12.1. The molecule has 1 aliphatic rings. The van der Waals surface area contributed by atoms with E-state index in [1.807, 2.05) is 6.07 Å². The van der Waals surface area contributed by atoms with E-state index in [2.05, 4.69) is 4.98 Å². The first-order valence-corrected chi connectivity index (χ1v) is 13.8. The number of phenolic OH excluding ortho intramolecular Hbond substituents is 1. The largest absolute Gasteiger partial charge is 0.504 e. The Morgan fingerprint density at radius 2 is 1.85 bits per heavy atom. The van der Waals surface area contributed by atoms with Crippen LogP contribution in [-0.2, 0) is 25.5 Å². The zero-order valence-electron chi connectivity index (χ0n) is 23.2. The van der Waals surface area contributed by atoms with E-state index in [0.29, 0.717) is 30.8 Å². The first-order chi connectivity index (χ1) is 18.7. The zero-order chi connectivity index (χ0) is 28.4. The predicted molar refractivity (Wildman–Crippen MR) is 148 cm³/mol. The molecule has 39 heavy (non-hydrogen) atoms. The summed E-state index contributed by atoms with van der Waals surface area (Å²) in [5.74, 6) is 0.163. The van der Waals surface area contributed by atoms with Crippen LogP contribution in [0.15, 0.2) is 30.5 Å². The summed E-state index contributed by atoms with van der Waals surface area (Å²) in [5, 5.41) is 20.3. The normalized spacial score (nSPS) is 19.3. The molecule has 1 heterocycles. The number of aromatic hydroxyl groups is 1. The van der Waals surface area contributed by atoms with Crippen LogP contribution in [0.2, 0.25) is 0 Å². The van der Waals surface area contributed by atoms with Gasteiger partial charge in [-0.2, -0.15) is 0 Å². The molecular weight excluding hydrogens is 500 g/mol. The number of esters is 2.